The molecule has 22 heavy (non-hydrogen) atoms. The summed E-state index contributed by atoms with van der Waals surface area (Å²) >= 11 is 6.53. The van der Waals surface area contributed by atoms with E-state index in [9.17, 15) is 14.4 Å². The Morgan fingerprint density at radius 1 is 1.27 bits per heavy atom. The number of hydrogen-bond acceptors (Lipinski definition) is 6. The Balaban J connectivity index is 2.63. The van der Waals surface area contributed by atoms with Gasteiger partial charge in [-0.1, -0.05) is 31.9 Å². The number of esters is 1. The summed E-state index contributed by atoms with van der Waals surface area (Å²) < 4.78 is 6.84. The fourth-order valence-corrected chi connectivity index (χ4v) is 2.76. The van der Waals surface area contributed by atoms with Gasteiger partial charge in [0.1, 0.15) is 4.83 Å². The topological polar surface area (TPSA) is 96.1 Å². The first-order valence-corrected chi connectivity index (χ1v) is 7.91. The molecule has 0 fully saturated rings. The number of aryl methyl sites for hydroxylation is 1. The SMILES string of the molecule is COC(=O)C(Br)C(Br)c1cnc2c(n1)c(=O)n(C)c(=O)n2C. The predicted octanol–water partition coefficient (Wildman–Crippen LogP) is 0.400. The van der Waals surface area contributed by atoms with E-state index in [1.807, 2.05) is 0 Å². The molecule has 0 spiro atoms. The van der Waals surface area contributed by atoms with Gasteiger partial charge in [-0.15, -0.1) is 0 Å². The maximum absolute atomic E-state index is 12.2. The minimum atomic E-state index is -0.694. The number of halogens is 2. The quantitative estimate of drug-likeness (QED) is 0.511. The molecule has 10 heteroatoms. The third-order valence-corrected chi connectivity index (χ3v) is 5.75. The van der Waals surface area contributed by atoms with Gasteiger partial charge in [-0.2, -0.15) is 0 Å². The molecular formula is C12H12Br2N4O4. The Kier molecular flexibility index (Phi) is 4.81. The molecule has 0 bridgehead atoms. The molecule has 2 rings (SSSR count). The van der Waals surface area contributed by atoms with Crippen LogP contribution in [0.15, 0.2) is 15.8 Å². The van der Waals surface area contributed by atoms with Crippen LogP contribution in [0.2, 0.25) is 0 Å². The molecule has 2 atom stereocenters. The Labute approximate surface area is 141 Å². The van der Waals surface area contributed by atoms with Gasteiger partial charge in [-0.3, -0.25) is 18.7 Å². The van der Waals surface area contributed by atoms with Crippen LogP contribution in [0.1, 0.15) is 10.5 Å². The second-order valence-electron chi connectivity index (χ2n) is 4.50. The van der Waals surface area contributed by atoms with E-state index in [1.165, 1.54) is 32.0 Å². The molecule has 2 aromatic rings. The normalized spacial score (nSPS) is 13.9. The van der Waals surface area contributed by atoms with Crippen LogP contribution in [0.3, 0.4) is 0 Å². The van der Waals surface area contributed by atoms with Gasteiger partial charge >= 0.3 is 11.7 Å². The summed E-state index contributed by atoms with van der Waals surface area (Å²) in [5, 5.41) is 0. The highest BCUT2D eigenvalue weighted by molar-refractivity contribution is 9.12. The summed E-state index contributed by atoms with van der Waals surface area (Å²) in [7, 11) is 4.14. The lowest BCUT2D eigenvalue weighted by Gasteiger charge is -2.14. The molecule has 8 nitrogen and oxygen atoms in total. The molecule has 0 radical (unpaired) electrons. The number of ether oxygens (including phenoxy) is 1. The maximum Gasteiger partial charge on any atom is 0.332 e. The maximum atomic E-state index is 12.2. The second-order valence-corrected chi connectivity index (χ2v) is 6.47. The average Bonchev–Trinajstić information content (AvgIpc) is 2.55. The van der Waals surface area contributed by atoms with Gasteiger partial charge in [0.15, 0.2) is 11.2 Å². The number of methoxy groups -OCH3 is 1. The lowest BCUT2D eigenvalue weighted by Crippen LogP contribution is -2.38. The first kappa shape index (κ1) is 16.8. The van der Waals surface area contributed by atoms with E-state index in [0.717, 1.165) is 4.57 Å². The molecule has 0 aliphatic carbocycles. The third-order valence-electron chi connectivity index (χ3n) is 3.14. The summed E-state index contributed by atoms with van der Waals surface area (Å²) in [6.45, 7) is 0. The predicted molar refractivity (Wildman–Crippen MR) is 86.4 cm³/mol. The Bertz CT molecular complexity index is 861. The second kappa shape index (κ2) is 6.29. The highest BCUT2D eigenvalue weighted by Gasteiger charge is 2.28. The Morgan fingerprint density at radius 3 is 2.50 bits per heavy atom. The highest BCUT2D eigenvalue weighted by atomic mass is 79.9. The van der Waals surface area contributed by atoms with Crippen molar-refractivity contribution in [1.29, 1.82) is 0 Å². The first-order chi connectivity index (χ1) is 10.3. The molecule has 0 amide bonds. The molecule has 118 valence electrons. The van der Waals surface area contributed by atoms with E-state index in [2.05, 4.69) is 46.6 Å². The van der Waals surface area contributed by atoms with Gasteiger partial charge in [0.05, 0.1) is 23.8 Å². The van der Waals surface area contributed by atoms with Gasteiger partial charge in [0.25, 0.3) is 5.56 Å². The van der Waals surface area contributed by atoms with Crippen LogP contribution in [-0.2, 0) is 23.6 Å². The lowest BCUT2D eigenvalue weighted by molar-refractivity contribution is -0.139. The van der Waals surface area contributed by atoms with Crippen LogP contribution in [0.5, 0.6) is 0 Å². The van der Waals surface area contributed by atoms with Crippen molar-refractivity contribution in [1.82, 2.24) is 19.1 Å². The number of nitrogens with zero attached hydrogens (tertiary/aromatic N) is 4. The fraction of sp³-hybridized carbons (Fsp3) is 0.417. The smallest absolute Gasteiger partial charge is 0.332 e. The van der Waals surface area contributed by atoms with Crippen molar-refractivity contribution in [3.63, 3.8) is 0 Å². The summed E-state index contributed by atoms with van der Waals surface area (Å²) in [5.74, 6) is -0.489. The number of aromatic nitrogens is 4. The summed E-state index contributed by atoms with van der Waals surface area (Å²) in [5.41, 5.74) is -0.424. The molecule has 2 unspecified atom stereocenters. The summed E-state index contributed by atoms with van der Waals surface area (Å²) in [6.07, 6.45) is 1.40. The molecule has 0 aromatic carbocycles. The minimum Gasteiger partial charge on any atom is -0.468 e. The van der Waals surface area contributed by atoms with Crippen molar-refractivity contribution in [2.75, 3.05) is 7.11 Å². The third kappa shape index (κ3) is 2.72. The average molecular weight is 436 g/mol. The monoisotopic (exact) mass is 434 g/mol. The number of alkyl halides is 2. The van der Waals surface area contributed by atoms with Gasteiger partial charge in [0, 0.05) is 14.1 Å². The van der Waals surface area contributed by atoms with E-state index in [4.69, 9.17) is 0 Å². The zero-order valence-corrected chi connectivity index (χ0v) is 15.1. The summed E-state index contributed by atoms with van der Waals surface area (Å²) in [6, 6.07) is 0. The van der Waals surface area contributed by atoms with Crippen LogP contribution in [0, 0.1) is 0 Å². The first-order valence-electron chi connectivity index (χ1n) is 6.08. The fourth-order valence-electron chi connectivity index (χ4n) is 1.86. The van der Waals surface area contributed by atoms with Crippen molar-refractivity contribution in [2.24, 2.45) is 14.1 Å². The molecule has 0 saturated carbocycles. The molecule has 2 aromatic heterocycles. The van der Waals surface area contributed by atoms with Gasteiger partial charge in [-0.25, -0.2) is 14.8 Å². The van der Waals surface area contributed by atoms with Gasteiger partial charge < -0.3 is 4.74 Å². The standard InChI is InChI=1S/C12H12Br2N4O4/c1-17-9-8(10(19)18(2)12(17)21)16-5(4-15-9)6(13)7(14)11(20)22-3/h4,6-7H,1-3H3. The zero-order valence-electron chi connectivity index (χ0n) is 11.9. The van der Waals surface area contributed by atoms with E-state index >= 15 is 0 Å². The van der Waals surface area contributed by atoms with Crippen LogP contribution in [0.4, 0.5) is 0 Å². The number of fused-ring (bicyclic) bond motifs is 1. The van der Waals surface area contributed by atoms with E-state index < -0.39 is 26.9 Å². The number of carbonyl (C=O) groups excluding carboxylic acids is 1. The van der Waals surface area contributed by atoms with E-state index in [1.54, 1.807) is 0 Å². The number of carbonyl (C=O) groups is 1. The van der Waals surface area contributed by atoms with Gasteiger partial charge in [0.2, 0.25) is 0 Å². The van der Waals surface area contributed by atoms with Crippen molar-refractivity contribution in [3.8, 4) is 0 Å². The minimum absolute atomic E-state index is 0.0520. The molecule has 2 heterocycles. The van der Waals surface area contributed by atoms with Crippen molar-refractivity contribution >= 4 is 49.0 Å². The van der Waals surface area contributed by atoms with Crippen LogP contribution in [-0.4, -0.2) is 37.0 Å². The van der Waals surface area contributed by atoms with E-state index in [-0.39, 0.29) is 11.2 Å². The van der Waals surface area contributed by atoms with Crippen molar-refractivity contribution < 1.29 is 9.53 Å². The molecule has 0 N–H and O–H groups in total. The van der Waals surface area contributed by atoms with Crippen molar-refractivity contribution in [3.05, 3.63) is 32.7 Å². The molecule has 0 aliphatic rings. The van der Waals surface area contributed by atoms with Crippen LogP contribution >= 0.6 is 31.9 Å². The molecular weight excluding hydrogens is 424 g/mol. The largest absolute Gasteiger partial charge is 0.468 e. The zero-order chi connectivity index (χ0) is 16.6. The number of hydrogen-bond donors (Lipinski definition) is 0. The van der Waals surface area contributed by atoms with Gasteiger partial charge in [-0.05, 0) is 0 Å². The number of rotatable bonds is 3. The van der Waals surface area contributed by atoms with Crippen LogP contribution in [0.25, 0.3) is 11.2 Å². The molecule has 0 saturated heterocycles. The Morgan fingerprint density at radius 2 is 1.91 bits per heavy atom. The summed E-state index contributed by atoms with van der Waals surface area (Å²) in [4.78, 5) is 42.7. The molecule has 0 aliphatic heterocycles. The van der Waals surface area contributed by atoms with Crippen LogP contribution < -0.4 is 11.2 Å². The van der Waals surface area contributed by atoms with Crippen molar-refractivity contribution in [2.45, 2.75) is 9.65 Å². The lowest BCUT2D eigenvalue weighted by atomic mass is 10.2. The Hall–Kier alpha value is -1.55. The van der Waals surface area contributed by atoms with E-state index in [0.29, 0.717) is 5.69 Å². The highest BCUT2D eigenvalue weighted by Crippen LogP contribution is 2.30.